The highest BCUT2D eigenvalue weighted by molar-refractivity contribution is 7.88. The molecule has 0 unspecified atom stereocenters. The summed E-state index contributed by atoms with van der Waals surface area (Å²) in [6.45, 7) is 1.65. The molecule has 0 aromatic carbocycles. The molecule has 1 amide bonds. The molecule has 9 heteroatoms. The summed E-state index contributed by atoms with van der Waals surface area (Å²) < 4.78 is 26.4. The first kappa shape index (κ1) is 17.8. The Kier molecular flexibility index (Phi) is 4.79. The zero-order chi connectivity index (χ0) is 18.2. The number of likely N-dealkylation sites (tertiary alicyclic amines) is 1. The molecule has 1 atom stereocenters. The van der Waals surface area contributed by atoms with Crippen LogP contribution in [0.1, 0.15) is 23.2 Å². The van der Waals surface area contributed by atoms with Gasteiger partial charge in [-0.15, -0.1) is 0 Å². The van der Waals surface area contributed by atoms with Crippen LogP contribution in [-0.2, 0) is 17.1 Å². The molecule has 25 heavy (non-hydrogen) atoms. The molecule has 0 spiro atoms. The van der Waals surface area contributed by atoms with E-state index < -0.39 is 10.0 Å². The van der Waals surface area contributed by atoms with Gasteiger partial charge < -0.3 is 9.47 Å². The summed E-state index contributed by atoms with van der Waals surface area (Å²) >= 11 is 0. The average Bonchev–Trinajstić information content (AvgIpc) is 2.95. The molecule has 2 aromatic heterocycles. The third-order valence-corrected chi connectivity index (χ3v) is 6.00. The van der Waals surface area contributed by atoms with Crippen molar-refractivity contribution in [3.8, 4) is 0 Å². The van der Waals surface area contributed by atoms with Gasteiger partial charge in [0.05, 0.1) is 18.1 Å². The van der Waals surface area contributed by atoms with Crippen molar-refractivity contribution in [3.05, 3.63) is 24.2 Å². The summed E-state index contributed by atoms with van der Waals surface area (Å²) in [5.74, 6) is 0.0660. The quantitative estimate of drug-likeness (QED) is 0.796. The molecule has 3 heterocycles. The van der Waals surface area contributed by atoms with Crippen molar-refractivity contribution < 1.29 is 13.2 Å². The van der Waals surface area contributed by atoms with Gasteiger partial charge >= 0.3 is 0 Å². The number of sulfonamides is 1. The molecule has 2 aromatic rings. The maximum Gasteiger partial charge on any atom is 0.256 e. The van der Waals surface area contributed by atoms with Crippen molar-refractivity contribution in [2.75, 3.05) is 32.9 Å². The molecular weight excluding hydrogens is 342 g/mol. The van der Waals surface area contributed by atoms with Crippen molar-refractivity contribution in [1.29, 1.82) is 0 Å². The number of pyridine rings is 1. The Bertz CT molecular complexity index is 892. The van der Waals surface area contributed by atoms with Gasteiger partial charge in [0.1, 0.15) is 5.52 Å². The highest BCUT2D eigenvalue weighted by atomic mass is 32.2. The number of aryl methyl sites for hydroxylation is 1. The summed E-state index contributed by atoms with van der Waals surface area (Å²) in [5.41, 5.74) is 1.82. The number of carbonyl (C=O) groups excluding carboxylic acids is 1. The summed E-state index contributed by atoms with van der Waals surface area (Å²) in [7, 11) is 0.212. The second-order valence-electron chi connectivity index (χ2n) is 6.69. The zero-order valence-corrected chi connectivity index (χ0v) is 15.5. The molecule has 8 nitrogen and oxygen atoms in total. The van der Waals surface area contributed by atoms with Crippen molar-refractivity contribution >= 4 is 27.1 Å². The number of piperidine rings is 1. The van der Waals surface area contributed by atoms with E-state index in [1.165, 1.54) is 10.6 Å². The fraction of sp³-hybridized carbons (Fsp3) is 0.562. The monoisotopic (exact) mass is 365 g/mol. The van der Waals surface area contributed by atoms with Crippen LogP contribution in [0.5, 0.6) is 0 Å². The largest absolute Gasteiger partial charge is 0.338 e. The van der Waals surface area contributed by atoms with E-state index in [9.17, 15) is 13.2 Å². The minimum absolute atomic E-state index is 0.0715. The Morgan fingerprint density at radius 1 is 1.40 bits per heavy atom. The number of rotatable bonds is 4. The van der Waals surface area contributed by atoms with Crippen LogP contribution in [-0.4, -0.2) is 71.0 Å². The molecule has 0 radical (unpaired) electrons. The Balaban J connectivity index is 1.78. The Morgan fingerprint density at radius 2 is 2.16 bits per heavy atom. The first-order valence-electron chi connectivity index (χ1n) is 8.24. The summed E-state index contributed by atoms with van der Waals surface area (Å²) in [6.07, 6.45) is 6.25. The predicted octanol–water partition coefficient (Wildman–Crippen LogP) is 0.712. The SMILES string of the molecule is CN(C[C@H]1CCCN(C(=O)c2ccnc3c2ncn3C)C1)S(C)(=O)=O. The van der Waals surface area contributed by atoms with E-state index in [-0.39, 0.29) is 11.8 Å². The van der Waals surface area contributed by atoms with Gasteiger partial charge in [-0.1, -0.05) is 0 Å². The van der Waals surface area contributed by atoms with Crippen molar-refractivity contribution in [1.82, 2.24) is 23.7 Å². The Labute approximate surface area is 147 Å². The molecule has 1 aliphatic heterocycles. The molecule has 1 fully saturated rings. The highest BCUT2D eigenvalue weighted by Gasteiger charge is 2.28. The average molecular weight is 365 g/mol. The highest BCUT2D eigenvalue weighted by Crippen LogP contribution is 2.22. The van der Waals surface area contributed by atoms with Gasteiger partial charge in [-0.3, -0.25) is 4.79 Å². The van der Waals surface area contributed by atoms with E-state index in [1.807, 2.05) is 7.05 Å². The zero-order valence-electron chi connectivity index (χ0n) is 14.7. The molecule has 136 valence electrons. The smallest absolute Gasteiger partial charge is 0.256 e. The fourth-order valence-corrected chi connectivity index (χ4v) is 3.75. The molecule has 3 rings (SSSR count). The molecule has 1 saturated heterocycles. The number of fused-ring (bicyclic) bond motifs is 1. The Hall–Kier alpha value is -2.00. The van der Waals surface area contributed by atoms with Crippen molar-refractivity contribution in [2.45, 2.75) is 12.8 Å². The summed E-state index contributed by atoms with van der Waals surface area (Å²) in [4.78, 5) is 23.3. The topological polar surface area (TPSA) is 88.4 Å². The third kappa shape index (κ3) is 3.67. The first-order chi connectivity index (χ1) is 11.8. The van der Waals surface area contributed by atoms with E-state index in [4.69, 9.17) is 0 Å². The van der Waals surface area contributed by atoms with Gasteiger partial charge in [-0.05, 0) is 24.8 Å². The first-order valence-corrected chi connectivity index (χ1v) is 10.1. The number of carbonyl (C=O) groups is 1. The van der Waals surface area contributed by atoms with Gasteiger partial charge in [0.15, 0.2) is 5.65 Å². The van der Waals surface area contributed by atoms with Crippen molar-refractivity contribution in [3.63, 3.8) is 0 Å². The minimum atomic E-state index is -3.21. The maximum atomic E-state index is 13.0. The molecule has 0 bridgehead atoms. The lowest BCUT2D eigenvalue weighted by Gasteiger charge is -2.34. The molecular formula is C16H23N5O3S. The van der Waals surface area contributed by atoms with Gasteiger partial charge in [0.2, 0.25) is 10.0 Å². The number of hydrogen-bond donors (Lipinski definition) is 0. The number of hydrogen-bond acceptors (Lipinski definition) is 5. The van der Waals surface area contributed by atoms with Gasteiger partial charge in [0.25, 0.3) is 5.91 Å². The van der Waals surface area contributed by atoms with Gasteiger partial charge in [-0.2, -0.15) is 0 Å². The maximum absolute atomic E-state index is 13.0. The molecule has 0 N–H and O–H groups in total. The standard InChI is InChI=1S/C16H23N5O3S/c1-19-11-18-14-13(6-7-17-15(14)19)16(22)21-8-4-5-12(10-21)9-20(2)25(3,23)24/h6-7,11-12H,4-5,8-10H2,1-3H3/t12-/m1/s1. The number of nitrogens with zero attached hydrogens (tertiary/aromatic N) is 5. The van der Waals surface area contributed by atoms with E-state index >= 15 is 0 Å². The summed E-state index contributed by atoms with van der Waals surface area (Å²) in [6, 6.07) is 1.70. The number of imidazole rings is 1. The predicted molar refractivity (Wildman–Crippen MR) is 94.6 cm³/mol. The van der Waals surface area contributed by atoms with Crippen LogP contribution in [0.25, 0.3) is 11.2 Å². The number of amides is 1. The van der Waals surface area contributed by atoms with Crippen LogP contribution in [0, 0.1) is 5.92 Å². The Morgan fingerprint density at radius 3 is 2.88 bits per heavy atom. The fourth-order valence-electron chi connectivity index (χ4n) is 3.27. The lowest BCUT2D eigenvalue weighted by molar-refractivity contribution is 0.0666. The molecule has 0 aliphatic carbocycles. The van der Waals surface area contributed by atoms with Crippen LogP contribution >= 0.6 is 0 Å². The normalized spacial score (nSPS) is 18.9. The van der Waals surface area contributed by atoms with E-state index in [0.29, 0.717) is 36.4 Å². The van der Waals surface area contributed by atoms with E-state index in [1.54, 1.807) is 35.1 Å². The second-order valence-corrected chi connectivity index (χ2v) is 8.78. The van der Waals surface area contributed by atoms with Crippen LogP contribution in [0.15, 0.2) is 18.6 Å². The van der Waals surface area contributed by atoms with E-state index in [0.717, 1.165) is 12.8 Å². The van der Waals surface area contributed by atoms with Crippen LogP contribution in [0.3, 0.4) is 0 Å². The number of aromatic nitrogens is 3. The van der Waals surface area contributed by atoms with Crippen LogP contribution in [0.4, 0.5) is 0 Å². The van der Waals surface area contributed by atoms with Gasteiger partial charge in [-0.25, -0.2) is 22.7 Å². The van der Waals surface area contributed by atoms with Crippen molar-refractivity contribution in [2.24, 2.45) is 13.0 Å². The lowest BCUT2D eigenvalue weighted by Crippen LogP contribution is -2.44. The molecule has 0 saturated carbocycles. The molecule has 1 aliphatic rings. The van der Waals surface area contributed by atoms with Crippen LogP contribution in [0.2, 0.25) is 0 Å². The van der Waals surface area contributed by atoms with E-state index in [2.05, 4.69) is 9.97 Å². The second kappa shape index (κ2) is 6.72. The van der Waals surface area contributed by atoms with Crippen LogP contribution < -0.4 is 0 Å². The summed E-state index contributed by atoms with van der Waals surface area (Å²) in [5, 5.41) is 0. The lowest BCUT2D eigenvalue weighted by atomic mass is 9.97. The third-order valence-electron chi connectivity index (χ3n) is 4.72. The van der Waals surface area contributed by atoms with Gasteiger partial charge in [0, 0.05) is 39.9 Å². The minimum Gasteiger partial charge on any atom is -0.338 e.